The van der Waals surface area contributed by atoms with Crippen molar-refractivity contribution in [3.63, 3.8) is 0 Å². The lowest BCUT2D eigenvalue weighted by Crippen LogP contribution is -1.98. The molecule has 64 valence electrons. The Morgan fingerprint density at radius 3 is 3.17 bits per heavy atom. The van der Waals surface area contributed by atoms with Crippen LogP contribution in [0.3, 0.4) is 0 Å². The summed E-state index contributed by atoms with van der Waals surface area (Å²) in [4.78, 5) is 11.9. The number of ether oxygens (including phenoxy) is 1. The van der Waals surface area contributed by atoms with Gasteiger partial charge in [0.05, 0.1) is 6.61 Å². The number of carbonyl (C=O) groups is 1. The molecule has 0 amide bonds. The zero-order valence-corrected chi connectivity index (χ0v) is 7.64. The van der Waals surface area contributed by atoms with Gasteiger partial charge in [-0.15, -0.1) is 11.3 Å². The molecule has 1 heterocycles. The summed E-state index contributed by atoms with van der Waals surface area (Å²) in [7, 11) is 0. The van der Waals surface area contributed by atoms with E-state index in [-0.39, 0.29) is 5.97 Å². The van der Waals surface area contributed by atoms with Gasteiger partial charge >= 0.3 is 5.97 Å². The van der Waals surface area contributed by atoms with Crippen LogP contribution in [0.25, 0.3) is 6.08 Å². The van der Waals surface area contributed by atoms with Crippen LogP contribution in [0.5, 0.6) is 0 Å². The van der Waals surface area contributed by atoms with Crippen LogP contribution in [-0.4, -0.2) is 12.6 Å². The highest BCUT2D eigenvalue weighted by atomic mass is 32.1. The van der Waals surface area contributed by atoms with Crippen LogP contribution in [0.15, 0.2) is 23.6 Å². The van der Waals surface area contributed by atoms with Gasteiger partial charge in [-0.2, -0.15) is 0 Å². The second-order valence-corrected chi connectivity index (χ2v) is 3.08. The summed E-state index contributed by atoms with van der Waals surface area (Å²) in [5, 5.41) is 1.96. The van der Waals surface area contributed by atoms with Gasteiger partial charge in [-0.25, -0.2) is 4.79 Å². The molecule has 0 aliphatic carbocycles. The first-order valence-corrected chi connectivity index (χ1v) is 4.59. The van der Waals surface area contributed by atoms with Crippen LogP contribution in [0.4, 0.5) is 0 Å². The van der Waals surface area contributed by atoms with E-state index >= 15 is 0 Å². The number of esters is 1. The molecule has 0 saturated heterocycles. The first kappa shape index (κ1) is 9.00. The quantitative estimate of drug-likeness (QED) is 0.529. The lowest BCUT2D eigenvalue weighted by Gasteiger charge is -1.92. The van der Waals surface area contributed by atoms with Crippen molar-refractivity contribution in [2.45, 2.75) is 6.92 Å². The molecular formula is C9H10O2S. The molecule has 2 nitrogen and oxygen atoms in total. The minimum absolute atomic E-state index is 0.286. The van der Waals surface area contributed by atoms with Gasteiger partial charge in [0.1, 0.15) is 0 Å². The van der Waals surface area contributed by atoms with E-state index in [2.05, 4.69) is 0 Å². The summed E-state index contributed by atoms with van der Waals surface area (Å²) >= 11 is 1.59. The van der Waals surface area contributed by atoms with Gasteiger partial charge in [0.2, 0.25) is 0 Å². The molecule has 0 atom stereocenters. The summed E-state index contributed by atoms with van der Waals surface area (Å²) in [5.74, 6) is -0.286. The lowest BCUT2D eigenvalue weighted by molar-refractivity contribution is -0.137. The third-order valence-electron chi connectivity index (χ3n) is 1.21. The van der Waals surface area contributed by atoms with Gasteiger partial charge in [0.25, 0.3) is 0 Å². The highest BCUT2D eigenvalue weighted by Crippen LogP contribution is 2.09. The maximum atomic E-state index is 10.8. The molecule has 0 aliphatic rings. The normalized spacial score (nSPS) is 10.4. The fourth-order valence-corrected chi connectivity index (χ4v) is 1.34. The van der Waals surface area contributed by atoms with E-state index in [9.17, 15) is 4.79 Å². The van der Waals surface area contributed by atoms with Gasteiger partial charge < -0.3 is 4.74 Å². The number of hydrogen-bond acceptors (Lipinski definition) is 3. The molecule has 0 radical (unpaired) electrons. The van der Waals surface area contributed by atoms with Gasteiger partial charge in [-0.3, -0.25) is 0 Å². The Balaban J connectivity index is 2.45. The monoisotopic (exact) mass is 182 g/mol. The van der Waals surface area contributed by atoms with E-state index in [0.717, 1.165) is 4.88 Å². The molecule has 0 fully saturated rings. The summed E-state index contributed by atoms with van der Waals surface area (Å²) in [6, 6.07) is 3.88. The van der Waals surface area contributed by atoms with E-state index in [0.29, 0.717) is 6.61 Å². The van der Waals surface area contributed by atoms with Crippen molar-refractivity contribution in [1.29, 1.82) is 0 Å². The SMILES string of the molecule is CCOC(=O)/C=C/c1cccs1. The fourth-order valence-electron chi connectivity index (χ4n) is 0.727. The molecule has 0 N–H and O–H groups in total. The number of carbonyl (C=O) groups excluding carboxylic acids is 1. The third kappa shape index (κ3) is 2.88. The van der Waals surface area contributed by atoms with Gasteiger partial charge in [0.15, 0.2) is 0 Å². The third-order valence-corrected chi connectivity index (χ3v) is 2.05. The van der Waals surface area contributed by atoms with Crippen molar-refractivity contribution in [2.75, 3.05) is 6.61 Å². The van der Waals surface area contributed by atoms with Crippen LogP contribution < -0.4 is 0 Å². The Morgan fingerprint density at radius 1 is 1.75 bits per heavy atom. The second kappa shape index (κ2) is 4.72. The highest BCUT2D eigenvalue weighted by molar-refractivity contribution is 7.10. The van der Waals surface area contributed by atoms with Crippen molar-refractivity contribution in [1.82, 2.24) is 0 Å². The summed E-state index contributed by atoms with van der Waals surface area (Å²) in [6.07, 6.45) is 3.19. The average molecular weight is 182 g/mol. The van der Waals surface area contributed by atoms with Crippen LogP contribution in [0.1, 0.15) is 11.8 Å². The molecule has 0 spiro atoms. The number of thiophene rings is 1. The summed E-state index contributed by atoms with van der Waals surface area (Å²) in [6.45, 7) is 2.21. The molecule has 0 bridgehead atoms. The molecule has 1 rings (SSSR count). The van der Waals surface area contributed by atoms with Gasteiger partial charge in [-0.05, 0) is 24.4 Å². The van der Waals surface area contributed by atoms with Gasteiger partial charge in [-0.1, -0.05) is 6.07 Å². The van der Waals surface area contributed by atoms with E-state index in [1.54, 1.807) is 24.3 Å². The maximum Gasteiger partial charge on any atom is 0.330 e. The Morgan fingerprint density at radius 2 is 2.58 bits per heavy atom. The van der Waals surface area contributed by atoms with Crippen LogP contribution in [-0.2, 0) is 9.53 Å². The van der Waals surface area contributed by atoms with Crippen LogP contribution in [0, 0.1) is 0 Å². The summed E-state index contributed by atoms with van der Waals surface area (Å²) < 4.78 is 4.72. The Kier molecular flexibility index (Phi) is 3.54. The topological polar surface area (TPSA) is 26.3 Å². The zero-order valence-electron chi connectivity index (χ0n) is 6.82. The van der Waals surface area contributed by atoms with Crippen molar-refractivity contribution in [2.24, 2.45) is 0 Å². The van der Waals surface area contributed by atoms with Crippen LogP contribution in [0.2, 0.25) is 0 Å². The van der Waals surface area contributed by atoms with E-state index < -0.39 is 0 Å². The maximum absolute atomic E-state index is 10.8. The first-order chi connectivity index (χ1) is 5.83. The number of rotatable bonds is 3. The minimum atomic E-state index is -0.286. The summed E-state index contributed by atoms with van der Waals surface area (Å²) in [5.41, 5.74) is 0. The molecule has 1 aromatic rings. The van der Waals surface area contributed by atoms with Crippen molar-refractivity contribution in [3.05, 3.63) is 28.5 Å². The Bertz CT molecular complexity index is 262. The Labute approximate surface area is 75.5 Å². The molecule has 0 saturated carbocycles. The van der Waals surface area contributed by atoms with E-state index in [4.69, 9.17) is 4.74 Å². The molecule has 0 unspecified atom stereocenters. The second-order valence-electron chi connectivity index (χ2n) is 2.10. The van der Waals surface area contributed by atoms with Gasteiger partial charge in [0, 0.05) is 11.0 Å². The highest BCUT2D eigenvalue weighted by Gasteiger charge is 1.93. The average Bonchev–Trinajstić information content (AvgIpc) is 2.53. The van der Waals surface area contributed by atoms with E-state index in [1.165, 1.54) is 6.08 Å². The lowest BCUT2D eigenvalue weighted by atomic mass is 10.4. The predicted molar refractivity (Wildman–Crippen MR) is 50.0 cm³/mol. The van der Waals surface area contributed by atoms with Crippen molar-refractivity contribution in [3.8, 4) is 0 Å². The first-order valence-electron chi connectivity index (χ1n) is 3.71. The Hall–Kier alpha value is -1.09. The minimum Gasteiger partial charge on any atom is -0.463 e. The smallest absolute Gasteiger partial charge is 0.330 e. The largest absolute Gasteiger partial charge is 0.463 e. The molecular weight excluding hydrogens is 172 g/mol. The van der Waals surface area contributed by atoms with Crippen LogP contribution >= 0.6 is 11.3 Å². The fraction of sp³-hybridized carbons (Fsp3) is 0.222. The van der Waals surface area contributed by atoms with E-state index in [1.807, 2.05) is 17.5 Å². The standard InChI is InChI=1S/C9H10O2S/c1-2-11-9(10)6-5-8-4-3-7-12-8/h3-7H,2H2,1H3/b6-5+. The molecule has 0 aliphatic heterocycles. The predicted octanol–water partition coefficient (Wildman–Crippen LogP) is 2.32. The number of hydrogen-bond donors (Lipinski definition) is 0. The molecule has 12 heavy (non-hydrogen) atoms. The molecule has 1 aromatic heterocycles. The van der Waals surface area contributed by atoms with Crippen molar-refractivity contribution >= 4 is 23.4 Å². The molecule has 3 heteroatoms. The molecule has 0 aromatic carbocycles. The van der Waals surface area contributed by atoms with Crippen molar-refractivity contribution < 1.29 is 9.53 Å². The zero-order chi connectivity index (χ0) is 8.81.